The van der Waals surface area contributed by atoms with Crippen LogP contribution in [0, 0.1) is 0 Å². The molecule has 0 radical (unpaired) electrons. The first-order valence-corrected chi connectivity index (χ1v) is 4.66. The minimum atomic E-state index is 0.531. The van der Waals surface area contributed by atoms with E-state index in [9.17, 15) is 0 Å². The summed E-state index contributed by atoms with van der Waals surface area (Å²) >= 11 is 5.84. The second-order valence-electron chi connectivity index (χ2n) is 3.19. The molecule has 0 aliphatic rings. The molecule has 0 bridgehead atoms. The molecule has 0 saturated carbocycles. The van der Waals surface area contributed by atoms with E-state index in [1.807, 2.05) is 19.0 Å². The van der Waals surface area contributed by atoms with Crippen molar-refractivity contribution in [3.05, 3.63) is 22.7 Å². The topological polar surface area (TPSA) is 29.0 Å². The molecule has 0 N–H and O–H groups in total. The molecule has 0 aliphatic carbocycles. The Bertz CT molecular complexity index is 286. The molecule has 4 heteroatoms. The molecular weight excluding hydrogens is 186 g/mol. The van der Waals surface area contributed by atoms with Gasteiger partial charge in [-0.25, -0.2) is 9.97 Å². The van der Waals surface area contributed by atoms with Gasteiger partial charge in [-0.05, 0) is 26.6 Å². The Morgan fingerprint density at radius 1 is 1.38 bits per heavy atom. The van der Waals surface area contributed by atoms with Crippen molar-refractivity contribution in [2.45, 2.75) is 19.9 Å². The van der Waals surface area contributed by atoms with Gasteiger partial charge in [0, 0.05) is 5.69 Å². The molecule has 0 saturated heterocycles. The molecular formula is C9H14ClN3. The number of hydrogen-bond donors (Lipinski definition) is 0. The second kappa shape index (κ2) is 4.53. The third-order valence-electron chi connectivity index (χ3n) is 1.61. The minimum absolute atomic E-state index is 0.531. The first-order chi connectivity index (χ1) is 6.11. The Kier molecular flexibility index (Phi) is 3.63. The Morgan fingerprint density at radius 2 is 2.08 bits per heavy atom. The third kappa shape index (κ3) is 3.28. The first-order valence-electron chi connectivity index (χ1n) is 4.29. The van der Waals surface area contributed by atoms with E-state index in [1.54, 1.807) is 6.07 Å². The maximum Gasteiger partial charge on any atom is 0.144 e. The first kappa shape index (κ1) is 10.4. The lowest BCUT2D eigenvalue weighted by Gasteiger charge is -2.08. The van der Waals surface area contributed by atoms with Crippen LogP contribution in [0.15, 0.2) is 6.07 Å². The fourth-order valence-corrected chi connectivity index (χ4v) is 1.27. The number of hydrogen-bond acceptors (Lipinski definition) is 3. The Labute approximate surface area is 83.8 Å². The van der Waals surface area contributed by atoms with Crippen LogP contribution in [-0.2, 0) is 13.0 Å². The van der Waals surface area contributed by atoms with Crippen molar-refractivity contribution in [1.82, 2.24) is 14.9 Å². The van der Waals surface area contributed by atoms with E-state index in [1.165, 1.54) is 0 Å². The number of rotatable bonds is 3. The molecule has 0 spiro atoms. The van der Waals surface area contributed by atoms with Crippen molar-refractivity contribution in [2.75, 3.05) is 14.1 Å². The molecule has 1 aromatic rings. The lowest BCUT2D eigenvalue weighted by atomic mass is 10.3. The summed E-state index contributed by atoms with van der Waals surface area (Å²) in [4.78, 5) is 10.5. The van der Waals surface area contributed by atoms with Crippen LogP contribution in [0.3, 0.4) is 0 Å². The quantitative estimate of drug-likeness (QED) is 0.695. The van der Waals surface area contributed by atoms with Gasteiger partial charge in [-0.2, -0.15) is 0 Å². The van der Waals surface area contributed by atoms with E-state index in [0.29, 0.717) is 5.15 Å². The molecule has 1 rings (SSSR count). The molecule has 1 aromatic heterocycles. The van der Waals surface area contributed by atoms with E-state index in [4.69, 9.17) is 11.6 Å². The standard InChI is InChI=1S/C9H14ClN3/c1-4-7-5-8(10)12-9(11-7)6-13(2)3/h5H,4,6H2,1-3H3. The van der Waals surface area contributed by atoms with Gasteiger partial charge < -0.3 is 4.90 Å². The molecule has 0 amide bonds. The van der Waals surface area contributed by atoms with Crippen LogP contribution in [-0.4, -0.2) is 29.0 Å². The molecule has 0 fully saturated rings. The fraction of sp³-hybridized carbons (Fsp3) is 0.556. The number of aromatic nitrogens is 2. The van der Waals surface area contributed by atoms with Gasteiger partial charge in [-0.1, -0.05) is 18.5 Å². The van der Waals surface area contributed by atoms with Gasteiger partial charge in [-0.3, -0.25) is 0 Å². The maximum atomic E-state index is 5.84. The predicted octanol–water partition coefficient (Wildman–Crippen LogP) is 1.75. The van der Waals surface area contributed by atoms with Gasteiger partial charge in [0.25, 0.3) is 0 Å². The van der Waals surface area contributed by atoms with Gasteiger partial charge in [-0.15, -0.1) is 0 Å². The Morgan fingerprint density at radius 3 is 2.62 bits per heavy atom. The average Bonchev–Trinajstić information content (AvgIpc) is 2.01. The SMILES string of the molecule is CCc1cc(Cl)nc(CN(C)C)n1. The summed E-state index contributed by atoms with van der Waals surface area (Å²) < 4.78 is 0. The molecule has 1 heterocycles. The predicted molar refractivity (Wildman–Crippen MR) is 53.8 cm³/mol. The van der Waals surface area contributed by atoms with E-state index in [0.717, 1.165) is 24.5 Å². The van der Waals surface area contributed by atoms with Crippen LogP contribution in [0.25, 0.3) is 0 Å². The summed E-state index contributed by atoms with van der Waals surface area (Å²) in [6.07, 6.45) is 0.892. The van der Waals surface area contributed by atoms with E-state index < -0.39 is 0 Å². The molecule has 0 aromatic carbocycles. The lowest BCUT2D eigenvalue weighted by Crippen LogP contribution is -2.14. The minimum Gasteiger partial charge on any atom is -0.302 e. The summed E-state index contributed by atoms with van der Waals surface area (Å²) in [6, 6.07) is 1.81. The van der Waals surface area contributed by atoms with E-state index in [2.05, 4.69) is 16.9 Å². The van der Waals surface area contributed by atoms with Crippen molar-refractivity contribution in [2.24, 2.45) is 0 Å². The van der Waals surface area contributed by atoms with E-state index in [-0.39, 0.29) is 0 Å². The summed E-state index contributed by atoms with van der Waals surface area (Å²) in [5, 5.41) is 0.531. The summed E-state index contributed by atoms with van der Waals surface area (Å²) in [5.74, 6) is 0.786. The van der Waals surface area contributed by atoms with Gasteiger partial charge >= 0.3 is 0 Å². The van der Waals surface area contributed by atoms with Crippen LogP contribution < -0.4 is 0 Å². The third-order valence-corrected chi connectivity index (χ3v) is 1.81. The number of halogens is 1. The monoisotopic (exact) mass is 199 g/mol. The molecule has 0 atom stereocenters. The number of aryl methyl sites for hydroxylation is 1. The van der Waals surface area contributed by atoms with Gasteiger partial charge in [0.2, 0.25) is 0 Å². The van der Waals surface area contributed by atoms with Crippen molar-refractivity contribution >= 4 is 11.6 Å². The highest BCUT2D eigenvalue weighted by atomic mass is 35.5. The van der Waals surface area contributed by atoms with Crippen LogP contribution >= 0.6 is 11.6 Å². The van der Waals surface area contributed by atoms with Crippen molar-refractivity contribution < 1.29 is 0 Å². The van der Waals surface area contributed by atoms with Gasteiger partial charge in [0.1, 0.15) is 11.0 Å². The van der Waals surface area contributed by atoms with Gasteiger partial charge in [0.05, 0.1) is 6.54 Å². The molecule has 3 nitrogen and oxygen atoms in total. The van der Waals surface area contributed by atoms with Crippen molar-refractivity contribution in [3.8, 4) is 0 Å². The zero-order valence-electron chi connectivity index (χ0n) is 8.21. The second-order valence-corrected chi connectivity index (χ2v) is 3.58. The highest BCUT2D eigenvalue weighted by molar-refractivity contribution is 6.29. The highest BCUT2D eigenvalue weighted by Crippen LogP contribution is 2.08. The van der Waals surface area contributed by atoms with Crippen LogP contribution in [0.1, 0.15) is 18.4 Å². The zero-order valence-corrected chi connectivity index (χ0v) is 8.97. The Balaban J connectivity index is 2.88. The highest BCUT2D eigenvalue weighted by Gasteiger charge is 2.02. The normalized spacial score (nSPS) is 10.8. The summed E-state index contributed by atoms with van der Waals surface area (Å²) in [5.41, 5.74) is 0.997. The molecule has 72 valence electrons. The van der Waals surface area contributed by atoms with Crippen LogP contribution in [0.2, 0.25) is 5.15 Å². The number of nitrogens with zero attached hydrogens (tertiary/aromatic N) is 3. The van der Waals surface area contributed by atoms with Crippen molar-refractivity contribution in [1.29, 1.82) is 0 Å². The maximum absolute atomic E-state index is 5.84. The summed E-state index contributed by atoms with van der Waals surface area (Å²) in [6.45, 7) is 2.78. The lowest BCUT2D eigenvalue weighted by molar-refractivity contribution is 0.389. The van der Waals surface area contributed by atoms with E-state index >= 15 is 0 Å². The van der Waals surface area contributed by atoms with Crippen LogP contribution in [0.5, 0.6) is 0 Å². The van der Waals surface area contributed by atoms with Crippen LogP contribution in [0.4, 0.5) is 0 Å². The average molecular weight is 200 g/mol. The Hall–Kier alpha value is -0.670. The van der Waals surface area contributed by atoms with Crippen molar-refractivity contribution in [3.63, 3.8) is 0 Å². The molecule has 0 unspecified atom stereocenters. The fourth-order valence-electron chi connectivity index (χ4n) is 1.05. The molecule has 0 aliphatic heterocycles. The molecule has 13 heavy (non-hydrogen) atoms. The summed E-state index contributed by atoms with van der Waals surface area (Å²) in [7, 11) is 3.96. The zero-order chi connectivity index (χ0) is 9.84. The largest absolute Gasteiger partial charge is 0.302 e. The smallest absolute Gasteiger partial charge is 0.144 e. The van der Waals surface area contributed by atoms with Gasteiger partial charge in [0.15, 0.2) is 0 Å².